The van der Waals surface area contributed by atoms with Crippen molar-refractivity contribution in [2.45, 2.75) is 65.9 Å². The van der Waals surface area contributed by atoms with Gasteiger partial charge in [-0.25, -0.2) is 4.79 Å². The van der Waals surface area contributed by atoms with Crippen molar-refractivity contribution in [1.29, 1.82) is 0 Å². The predicted molar refractivity (Wildman–Crippen MR) is 116 cm³/mol. The number of ether oxygens (including phenoxy) is 2. The molecule has 1 atom stereocenters. The van der Waals surface area contributed by atoms with Crippen LogP contribution in [0.25, 0.3) is 0 Å². The van der Waals surface area contributed by atoms with E-state index in [1.807, 2.05) is 32.9 Å². The molecule has 0 bridgehead atoms. The maximum Gasteiger partial charge on any atom is 0.341 e. The van der Waals surface area contributed by atoms with E-state index in [2.05, 4.69) is 11.4 Å². The fourth-order valence-corrected chi connectivity index (χ4v) is 5.03. The van der Waals surface area contributed by atoms with E-state index in [1.54, 1.807) is 6.92 Å². The number of amides is 1. The van der Waals surface area contributed by atoms with Crippen molar-refractivity contribution in [1.82, 2.24) is 0 Å². The van der Waals surface area contributed by atoms with Gasteiger partial charge in [0.25, 0.3) is 5.91 Å². The Kier molecular flexibility index (Phi) is 6.96. The van der Waals surface area contributed by atoms with Gasteiger partial charge in [-0.3, -0.25) is 4.79 Å². The second-order valence-corrected chi connectivity index (χ2v) is 8.57. The molecule has 0 spiro atoms. The summed E-state index contributed by atoms with van der Waals surface area (Å²) < 4.78 is 11.3. The number of hydrogen-bond acceptors (Lipinski definition) is 5. The van der Waals surface area contributed by atoms with Crippen LogP contribution in [0.5, 0.6) is 5.75 Å². The number of anilines is 1. The average Bonchev–Trinajstić information content (AvgIpc) is 3.03. The topological polar surface area (TPSA) is 64.6 Å². The van der Waals surface area contributed by atoms with E-state index >= 15 is 0 Å². The third-order valence-electron chi connectivity index (χ3n) is 5.02. The van der Waals surface area contributed by atoms with Gasteiger partial charge in [0.15, 0.2) is 6.10 Å². The molecule has 0 radical (unpaired) electrons. The summed E-state index contributed by atoms with van der Waals surface area (Å²) >= 11 is 1.50. The first-order valence-corrected chi connectivity index (χ1v) is 11.1. The number of esters is 1. The zero-order chi connectivity index (χ0) is 21.0. The smallest absolute Gasteiger partial charge is 0.341 e. The molecule has 1 heterocycles. The first-order chi connectivity index (χ1) is 13.9. The molecule has 0 saturated heterocycles. The second-order valence-electron chi connectivity index (χ2n) is 7.46. The molecule has 6 heteroatoms. The normalized spacial score (nSPS) is 14.1. The summed E-state index contributed by atoms with van der Waals surface area (Å²) in [7, 11) is 0. The van der Waals surface area contributed by atoms with E-state index in [-0.39, 0.29) is 11.9 Å². The van der Waals surface area contributed by atoms with Crippen LogP contribution in [0, 0.1) is 13.8 Å². The Morgan fingerprint density at radius 1 is 1.10 bits per heavy atom. The molecule has 2 aromatic rings. The molecule has 0 unspecified atom stereocenters. The fraction of sp³-hybridized carbons (Fsp3) is 0.478. The van der Waals surface area contributed by atoms with E-state index in [9.17, 15) is 9.59 Å². The number of carbonyl (C=O) groups is 2. The van der Waals surface area contributed by atoms with Gasteiger partial charge in [0.05, 0.1) is 12.2 Å². The molecule has 1 amide bonds. The highest BCUT2D eigenvalue weighted by molar-refractivity contribution is 7.17. The Labute approximate surface area is 176 Å². The molecule has 1 aromatic heterocycles. The van der Waals surface area contributed by atoms with Crippen molar-refractivity contribution in [3.8, 4) is 5.75 Å². The molecule has 3 rings (SSSR count). The minimum absolute atomic E-state index is 0.240. The summed E-state index contributed by atoms with van der Waals surface area (Å²) in [5.41, 5.74) is 3.75. The summed E-state index contributed by atoms with van der Waals surface area (Å²) in [4.78, 5) is 26.7. The van der Waals surface area contributed by atoms with Crippen LogP contribution < -0.4 is 10.1 Å². The molecule has 29 heavy (non-hydrogen) atoms. The highest BCUT2D eigenvalue weighted by Gasteiger charge is 2.29. The van der Waals surface area contributed by atoms with Crippen molar-refractivity contribution in [3.05, 3.63) is 45.3 Å². The Balaban J connectivity index is 1.83. The van der Waals surface area contributed by atoms with Crippen LogP contribution in [0.3, 0.4) is 0 Å². The van der Waals surface area contributed by atoms with Crippen LogP contribution in [-0.4, -0.2) is 24.6 Å². The van der Waals surface area contributed by atoms with Gasteiger partial charge in [-0.15, -0.1) is 11.3 Å². The molecule has 1 N–H and O–H groups in total. The van der Waals surface area contributed by atoms with Crippen LogP contribution in [0.1, 0.15) is 65.0 Å². The number of benzene rings is 1. The van der Waals surface area contributed by atoms with Gasteiger partial charge in [0.1, 0.15) is 10.8 Å². The van der Waals surface area contributed by atoms with Crippen LogP contribution in [0.15, 0.2) is 18.2 Å². The first kappa shape index (κ1) is 21.4. The summed E-state index contributed by atoms with van der Waals surface area (Å²) in [6.45, 7) is 8.02. The van der Waals surface area contributed by atoms with Crippen molar-refractivity contribution >= 4 is 28.2 Å². The summed E-state index contributed by atoms with van der Waals surface area (Å²) in [5, 5.41) is 3.55. The molecular formula is C23H29NO4S. The van der Waals surface area contributed by atoms with Gasteiger partial charge >= 0.3 is 5.97 Å². The molecule has 1 aromatic carbocycles. The number of thiophene rings is 1. The Bertz CT molecular complexity index is 882. The van der Waals surface area contributed by atoms with Crippen LogP contribution in [0.2, 0.25) is 0 Å². The van der Waals surface area contributed by atoms with Gasteiger partial charge in [-0.05, 0) is 81.7 Å². The van der Waals surface area contributed by atoms with Crippen molar-refractivity contribution in [2.75, 3.05) is 11.9 Å². The van der Waals surface area contributed by atoms with E-state index < -0.39 is 6.10 Å². The molecule has 1 aliphatic carbocycles. The van der Waals surface area contributed by atoms with Gasteiger partial charge < -0.3 is 14.8 Å². The predicted octanol–water partition coefficient (Wildman–Crippen LogP) is 5.22. The molecule has 1 aliphatic rings. The molecule has 5 nitrogen and oxygen atoms in total. The lowest BCUT2D eigenvalue weighted by Crippen LogP contribution is -2.32. The van der Waals surface area contributed by atoms with Gasteiger partial charge in [-0.2, -0.15) is 0 Å². The summed E-state index contributed by atoms with van der Waals surface area (Å²) in [5.74, 6) is 0.0851. The van der Waals surface area contributed by atoms with E-state index in [4.69, 9.17) is 9.47 Å². The maximum atomic E-state index is 13.0. The van der Waals surface area contributed by atoms with E-state index in [0.717, 1.165) is 42.4 Å². The first-order valence-electron chi connectivity index (χ1n) is 10.3. The highest BCUT2D eigenvalue weighted by Crippen LogP contribution is 2.38. The highest BCUT2D eigenvalue weighted by atomic mass is 32.1. The zero-order valence-electron chi connectivity index (χ0n) is 17.6. The van der Waals surface area contributed by atoms with Crippen molar-refractivity contribution in [2.24, 2.45) is 0 Å². The molecule has 0 aliphatic heterocycles. The summed E-state index contributed by atoms with van der Waals surface area (Å²) in [6.07, 6.45) is 3.85. The lowest BCUT2D eigenvalue weighted by Gasteiger charge is -2.18. The van der Waals surface area contributed by atoms with Crippen molar-refractivity contribution < 1.29 is 19.1 Å². The number of fused-ring (bicyclic) bond motifs is 1. The van der Waals surface area contributed by atoms with Gasteiger partial charge in [0.2, 0.25) is 0 Å². The maximum absolute atomic E-state index is 13.0. The number of aryl methyl sites for hydroxylation is 3. The van der Waals surface area contributed by atoms with E-state index in [1.165, 1.54) is 16.2 Å². The Morgan fingerprint density at radius 3 is 2.45 bits per heavy atom. The lowest BCUT2D eigenvalue weighted by atomic mass is 9.95. The number of hydrogen-bond donors (Lipinski definition) is 1. The largest absolute Gasteiger partial charge is 0.481 e. The standard InChI is InChI=1S/C23H29NO4S/c1-5-18(28-16-12-14(3)11-15(4)13-16)21(25)24-22-20(23(26)27-6-2)17-9-7-8-10-19(17)29-22/h11-13,18H,5-10H2,1-4H3,(H,24,25)/t18-/m0/s1. The third-order valence-corrected chi connectivity index (χ3v) is 6.23. The van der Waals surface area contributed by atoms with E-state index in [0.29, 0.717) is 29.3 Å². The molecular weight excluding hydrogens is 386 g/mol. The van der Waals surface area contributed by atoms with Crippen LogP contribution in [-0.2, 0) is 22.4 Å². The molecule has 0 saturated carbocycles. The van der Waals surface area contributed by atoms with Crippen LogP contribution >= 0.6 is 11.3 Å². The Hall–Kier alpha value is -2.34. The van der Waals surface area contributed by atoms with Gasteiger partial charge in [-0.1, -0.05) is 13.0 Å². The van der Waals surface area contributed by atoms with Crippen LogP contribution in [0.4, 0.5) is 5.00 Å². The fourth-order valence-electron chi connectivity index (χ4n) is 3.75. The molecule has 156 valence electrons. The SMILES string of the molecule is CCOC(=O)c1c(NC(=O)[C@H](CC)Oc2cc(C)cc(C)c2)sc2c1CCCC2. The third kappa shape index (κ3) is 4.99. The lowest BCUT2D eigenvalue weighted by molar-refractivity contribution is -0.122. The number of nitrogens with one attached hydrogen (secondary N) is 1. The molecule has 0 fully saturated rings. The zero-order valence-corrected chi connectivity index (χ0v) is 18.4. The van der Waals surface area contributed by atoms with Gasteiger partial charge in [0, 0.05) is 4.88 Å². The van der Waals surface area contributed by atoms with Crippen molar-refractivity contribution in [3.63, 3.8) is 0 Å². The minimum atomic E-state index is -0.634. The minimum Gasteiger partial charge on any atom is -0.481 e. The second kappa shape index (κ2) is 9.44. The average molecular weight is 416 g/mol. The quantitative estimate of drug-likeness (QED) is 0.630. The Morgan fingerprint density at radius 2 is 1.79 bits per heavy atom. The summed E-state index contributed by atoms with van der Waals surface area (Å²) in [6, 6.07) is 5.92. The number of rotatable bonds is 7. The monoisotopic (exact) mass is 415 g/mol. The number of carbonyl (C=O) groups excluding carboxylic acids is 2.